The Morgan fingerprint density at radius 1 is 1.11 bits per heavy atom. The molecule has 0 aliphatic carbocycles. The van der Waals surface area contributed by atoms with Gasteiger partial charge in [0.05, 0.1) is 0 Å². The molecule has 0 N–H and O–H groups in total. The summed E-state index contributed by atoms with van der Waals surface area (Å²) in [5, 5.41) is 0. The molecule has 0 radical (unpaired) electrons. The number of rotatable bonds is 4. The maximum Gasteiger partial charge on any atom is 0.227 e. The second-order valence-corrected chi connectivity index (χ2v) is 4.45. The normalized spacial score (nSPS) is 9.79. The van der Waals surface area contributed by atoms with E-state index in [1.54, 1.807) is 0 Å². The van der Waals surface area contributed by atoms with Gasteiger partial charge in [-0.3, -0.25) is 4.79 Å². The summed E-state index contributed by atoms with van der Waals surface area (Å²) in [5.74, 6) is 0.150. The summed E-state index contributed by atoms with van der Waals surface area (Å²) >= 11 is 0. The second kappa shape index (κ2) is 7.19. The fourth-order valence-corrected chi connectivity index (χ4v) is 1.92. The van der Waals surface area contributed by atoms with Gasteiger partial charge in [-0.25, -0.2) is 0 Å². The Morgan fingerprint density at radius 2 is 1.79 bits per heavy atom. The van der Waals surface area contributed by atoms with E-state index in [0.29, 0.717) is 6.54 Å². The average molecular weight is 320 g/mol. The minimum absolute atomic E-state index is 0. The van der Waals surface area contributed by atoms with E-state index in [9.17, 15) is 4.79 Å². The van der Waals surface area contributed by atoms with Crippen LogP contribution in [0.25, 0.3) is 0 Å². The molecule has 0 saturated carbocycles. The van der Waals surface area contributed by atoms with Gasteiger partial charge in [0.1, 0.15) is 0 Å². The van der Waals surface area contributed by atoms with E-state index in [4.69, 9.17) is 0 Å². The van der Waals surface area contributed by atoms with Gasteiger partial charge in [-0.2, -0.15) is 4.57 Å². The van der Waals surface area contributed by atoms with Gasteiger partial charge in [-0.1, -0.05) is 37.3 Å². The number of nitrogens with zero attached hydrogens (tertiary/aromatic N) is 1. The molecule has 1 aromatic heterocycles. The highest BCUT2D eigenvalue weighted by Crippen LogP contribution is 2.02. The molecule has 0 atom stereocenters. The van der Waals surface area contributed by atoms with E-state index in [2.05, 4.69) is 25.3 Å². The van der Waals surface area contributed by atoms with Crippen molar-refractivity contribution in [3.8, 4) is 0 Å². The van der Waals surface area contributed by atoms with Crippen LogP contribution in [0.15, 0.2) is 48.7 Å². The Morgan fingerprint density at radius 3 is 2.42 bits per heavy atom. The fourth-order valence-electron chi connectivity index (χ4n) is 1.92. The lowest BCUT2D eigenvalue weighted by molar-refractivity contribution is -0.689. The summed E-state index contributed by atoms with van der Waals surface area (Å²) in [6.07, 6.45) is 3.05. The molecule has 0 aliphatic heterocycles. The third-order valence-corrected chi connectivity index (χ3v) is 3.13. The van der Waals surface area contributed by atoms with Crippen molar-refractivity contribution in [2.45, 2.75) is 26.8 Å². The van der Waals surface area contributed by atoms with Crippen molar-refractivity contribution < 1.29 is 26.3 Å². The van der Waals surface area contributed by atoms with Gasteiger partial charge in [-0.05, 0) is 12.5 Å². The number of benzene rings is 1. The van der Waals surface area contributed by atoms with Crippen LogP contribution in [0, 0.1) is 6.92 Å². The molecule has 2 aromatic rings. The number of carbonyl (C=O) groups excluding carboxylic acids is 1. The largest absolute Gasteiger partial charge is 1.00 e. The molecule has 19 heavy (non-hydrogen) atoms. The van der Waals surface area contributed by atoms with Crippen LogP contribution >= 0.6 is 0 Å². The van der Waals surface area contributed by atoms with Gasteiger partial charge < -0.3 is 17.0 Å². The first kappa shape index (κ1) is 15.6. The minimum atomic E-state index is 0. The van der Waals surface area contributed by atoms with Gasteiger partial charge in [0, 0.05) is 24.1 Å². The molecule has 3 heteroatoms. The number of hydrogen-bond acceptors (Lipinski definition) is 1. The highest BCUT2D eigenvalue weighted by atomic mass is 79.9. The highest BCUT2D eigenvalue weighted by Gasteiger charge is 2.14. The number of hydrogen-bond donors (Lipinski definition) is 0. The van der Waals surface area contributed by atoms with Crippen molar-refractivity contribution in [1.29, 1.82) is 0 Å². The Bertz CT molecular complexity index is 552. The fraction of sp³-hybridized carbons (Fsp3) is 0.250. The number of pyridine rings is 1. The minimum Gasteiger partial charge on any atom is -1.00 e. The Hall–Kier alpha value is -1.48. The molecule has 2 rings (SSSR count). The van der Waals surface area contributed by atoms with Crippen LogP contribution < -0.4 is 21.5 Å². The van der Waals surface area contributed by atoms with Crippen LogP contribution in [0.4, 0.5) is 0 Å². The smallest absolute Gasteiger partial charge is 0.227 e. The van der Waals surface area contributed by atoms with Crippen LogP contribution in [-0.2, 0) is 13.0 Å². The van der Waals surface area contributed by atoms with Gasteiger partial charge >= 0.3 is 0 Å². The maximum atomic E-state index is 12.1. The summed E-state index contributed by atoms with van der Waals surface area (Å²) in [5.41, 5.74) is 3.13. The van der Waals surface area contributed by atoms with Gasteiger partial charge in [0.15, 0.2) is 11.9 Å². The van der Waals surface area contributed by atoms with Crippen molar-refractivity contribution >= 4 is 5.78 Å². The topological polar surface area (TPSA) is 20.9 Å². The van der Waals surface area contributed by atoms with Crippen molar-refractivity contribution in [2.24, 2.45) is 0 Å². The average Bonchev–Trinajstić information content (AvgIpc) is 2.42. The molecule has 100 valence electrons. The predicted molar refractivity (Wildman–Crippen MR) is 71.5 cm³/mol. The molecule has 0 unspecified atom stereocenters. The van der Waals surface area contributed by atoms with Gasteiger partial charge in [0.2, 0.25) is 12.3 Å². The molecule has 0 aliphatic rings. The van der Waals surface area contributed by atoms with Crippen LogP contribution in [-0.4, -0.2) is 5.78 Å². The molecular formula is C16H18BrNO. The maximum absolute atomic E-state index is 12.1. The van der Waals surface area contributed by atoms with E-state index in [1.807, 2.05) is 41.8 Å². The quantitative estimate of drug-likeness (QED) is 0.561. The summed E-state index contributed by atoms with van der Waals surface area (Å²) in [7, 11) is 0. The Kier molecular flexibility index (Phi) is 5.90. The molecule has 0 fully saturated rings. The van der Waals surface area contributed by atoms with E-state index in [1.165, 1.54) is 5.56 Å². The van der Waals surface area contributed by atoms with E-state index >= 15 is 0 Å². The number of aryl methyl sites for hydroxylation is 2. The van der Waals surface area contributed by atoms with Crippen LogP contribution in [0.3, 0.4) is 0 Å². The van der Waals surface area contributed by atoms with Crippen molar-refractivity contribution in [1.82, 2.24) is 0 Å². The van der Waals surface area contributed by atoms with Crippen LogP contribution in [0.5, 0.6) is 0 Å². The first-order valence-corrected chi connectivity index (χ1v) is 6.28. The molecule has 0 saturated heterocycles. The lowest BCUT2D eigenvalue weighted by Gasteiger charge is -2.02. The summed E-state index contributed by atoms with van der Waals surface area (Å²) in [6, 6.07) is 13.6. The number of halogens is 1. The number of Topliss-reactive ketones (excluding diaryl/α,β-unsaturated/α-hetero) is 1. The number of ketones is 1. The summed E-state index contributed by atoms with van der Waals surface area (Å²) in [4.78, 5) is 12.1. The standard InChI is InChI=1S/C16H18NO.BrH/c1-3-14-10-9-13(2)17(11-14)12-16(18)15-7-5-4-6-8-15;/h4-11H,3,12H2,1-2H3;1H/q+1;/p-1. The van der Waals surface area contributed by atoms with E-state index < -0.39 is 0 Å². The monoisotopic (exact) mass is 319 g/mol. The molecule has 1 heterocycles. The number of carbonyl (C=O) groups is 1. The molecule has 0 amide bonds. The predicted octanol–water partition coefficient (Wildman–Crippen LogP) is -0.268. The van der Waals surface area contributed by atoms with E-state index in [-0.39, 0.29) is 22.8 Å². The first-order chi connectivity index (χ1) is 8.70. The van der Waals surface area contributed by atoms with Crippen molar-refractivity contribution in [2.75, 3.05) is 0 Å². The van der Waals surface area contributed by atoms with Crippen molar-refractivity contribution in [3.05, 3.63) is 65.5 Å². The molecule has 2 nitrogen and oxygen atoms in total. The molecule has 0 spiro atoms. The third kappa shape index (κ3) is 4.00. The Labute approximate surface area is 124 Å². The zero-order valence-electron chi connectivity index (χ0n) is 11.3. The highest BCUT2D eigenvalue weighted by molar-refractivity contribution is 5.94. The first-order valence-electron chi connectivity index (χ1n) is 6.28. The summed E-state index contributed by atoms with van der Waals surface area (Å²) < 4.78 is 2.02. The van der Waals surface area contributed by atoms with Crippen LogP contribution in [0.2, 0.25) is 0 Å². The zero-order chi connectivity index (χ0) is 13.0. The van der Waals surface area contributed by atoms with Crippen LogP contribution in [0.1, 0.15) is 28.5 Å². The SMILES string of the molecule is CCc1ccc(C)[n+](CC(=O)c2ccccc2)c1.[Br-]. The summed E-state index contributed by atoms with van der Waals surface area (Å²) in [6.45, 7) is 4.55. The lowest BCUT2D eigenvalue weighted by atomic mass is 10.1. The molecular weight excluding hydrogens is 302 g/mol. The van der Waals surface area contributed by atoms with Crippen molar-refractivity contribution in [3.63, 3.8) is 0 Å². The molecule has 1 aromatic carbocycles. The zero-order valence-corrected chi connectivity index (χ0v) is 12.9. The molecule has 0 bridgehead atoms. The van der Waals surface area contributed by atoms with Gasteiger partial charge in [0.25, 0.3) is 0 Å². The van der Waals surface area contributed by atoms with E-state index in [0.717, 1.165) is 17.7 Å². The van der Waals surface area contributed by atoms with Gasteiger partial charge in [-0.15, -0.1) is 0 Å². The third-order valence-electron chi connectivity index (χ3n) is 3.13. The Balaban J connectivity index is 0.00000180. The number of aromatic nitrogens is 1. The lowest BCUT2D eigenvalue weighted by Crippen LogP contribution is -3.00. The second-order valence-electron chi connectivity index (χ2n) is 4.45.